The van der Waals surface area contributed by atoms with Gasteiger partial charge in [0.1, 0.15) is 17.7 Å². The number of carbonyl (C=O) groups excluding carboxylic acids is 3. The second-order valence-corrected chi connectivity index (χ2v) is 13.8. The number of amides is 3. The van der Waals surface area contributed by atoms with E-state index in [-0.39, 0.29) is 29.3 Å². The molecule has 3 amide bonds. The summed E-state index contributed by atoms with van der Waals surface area (Å²) in [6.07, 6.45) is 10.4. The Balaban J connectivity index is 1.22. The molecule has 0 radical (unpaired) electrons. The van der Waals surface area contributed by atoms with Crippen LogP contribution >= 0.6 is 0 Å². The van der Waals surface area contributed by atoms with Crippen LogP contribution in [0.25, 0.3) is 0 Å². The molecule has 0 bridgehead atoms. The van der Waals surface area contributed by atoms with Gasteiger partial charge in [-0.15, -0.1) is 0 Å². The van der Waals surface area contributed by atoms with E-state index in [0.29, 0.717) is 31.2 Å². The number of nitrogens with zero attached hydrogens (tertiary/aromatic N) is 4. The fourth-order valence-corrected chi connectivity index (χ4v) is 7.58. The minimum absolute atomic E-state index is 0.0666. The summed E-state index contributed by atoms with van der Waals surface area (Å²) >= 11 is 0. The third kappa shape index (κ3) is 4.97. The van der Waals surface area contributed by atoms with Crippen molar-refractivity contribution in [3.63, 3.8) is 0 Å². The van der Waals surface area contributed by atoms with Gasteiger partial charge in [0.15, 0.2) is 0 Å². The van der Waals surface area contributed by atoms with Gasteiger partial charge in [-0.25, -0.2) is 4.79 Å². The molecule has 5 aliphatic rings. The zero-order valence-corrected chi connectivity index (χ0v) is 24.0. The number of alkyl carbamates (subject to hydrolysis) is 1. The predicted octanol–water partition coefficient (Wildman–Crippen LogP) is 3.68. The first-order valence-electron chi connectivity index (χ1n) is 14.7. The summed E-state index contributed by atoms with van der Waals surface area (Å²) in [7, 11) is 4.09. The SMILES string of the molecule is CN(C)c1ccncc1[C@@H]1CN(C(=O)[C@@H]2CC[C@@H]3C[C@H]4C[C@H]4C[C@H](NC(=O)OC(C)(C)C)C(=O)N32)C2(CC2)C1. The molecule has 9 heteroatoms. The lowest BCUT2D eigenvalue weighted by molar-refractivity contribution is -0.148. The molecule has 1 spiro atoms. The van der Waals surface area contributed by atoms with E-state index in [0.717, 1.165) is 44.2 Å². The molecule has 2 aliphatic carbocycles. The third-order valence-electron chi connectivity index (χ3n) is 9.66. The molecule has 3 aliphatic heterocycles. The fourth-order valence-electron chi connectivity index (χ4n) is 7.58. The first-order valence-corrected chi connectivity index (χ1v) is 14.7. The Labute approximate surface area is 231 Å². The molecule has 2 saturated carbocycles. The smallest absolute Gasteiger partial charge is 0.408 e. The van der Waals surface area contributed by atoms with Crippen molar-refractivity contribution in [3.8, 4) is 0 Å². The van der Waals surface area contributed by atoms with Crippen molar-refractivity contribution in [2.45, 2.75) is 107 Å². The van der Waals surface area contributed by atoms with E-state index in [1.165, 1.54) is 5.56 Å². The zero-order valence-electron chi connectivity index (χ0n) is 24.0. The Morgan fingerprint density at radius 3 is 2.56 bits per heavy atom. The third-order valence-corrected chi connectivity index (χ3v) is 9.66. The van der Waals surface area contributed by atoms with Crippen LogP contribution in [0.3, 0.4) is 0 Å². The Bertz CT molecular complexity index is 1160. The van der Waals surface area contributed by atoms with Crippen LogP contribution in [0.2, 0.25) is 0 Å². The standard InChI is InChI=1S/C30H43N5O4/c1-29(2,3)39-28(38)32-23-14-19-12-18(19)13-21-6-7-25(35(21)26(23)36)27(37)34-17-20(15-30(34)9-10-30)22-16-31-11-8-24(22)33(4)5/h8,11,16,18-21,23,25H,6-7,9-10,12-15,17H2,1-5H3,(H,32,38)/t18-,19+,20+,21-,23+,25+/m1/s1. The Hall–Kier alpha value is -2.84. The van der Waals surface area contributed by atoms with Gasteiger partial charge in [-0.1, -0.05) is 0 Å². The van der Waals surface area contributed by atoms with E-state index in [1.54, 1.807) is 0 Å². The van der Waals surface area contributed by atoms with Gasteiger partial charge in [0.2, 0.25) is 11.8 Å². The van der Waals surface area contributed by atoms with Gasteiger partial charge in [-0.3, -0.25) is 14.6 Å². The van der Waals surface area contributed by atoms with Crippen molar-refractivity contribution in [1.82, 2.24) is 20.1 Å². The summed E-state index contributed by atoms with van der Waals surface area (Å²) in [6.45, 7) is 6.12. The molecular formula is C30H43N5O4. The monoisotopic (exact) mass is 537 g/mol. The summed E-state index contributed by atoms with van der Waals surface area (Å²) in [5.74, 6) is 1.24. The number of hydrogen-bond donors (Lipinski definition) is 1. The molecule has 6 atom stereocenters. The summed E-state index contributed by atoms with van der Waals surface area (Å²) < 4.78 is 5.49. The summed E-state index contributed by atoms with van der Waals surface area (Å²) in [5.41, 5.74) is 1.60. The Morgan fingerprint density at radius 2 is 1.87 bits per heavy atom. The van der Waals surface area contributed by atoms with Crippen LogP contribution in [-0.4, -0.2) is 82.6 Å². The average Bonchev–Trinajstić information content (AvgIpc) is 3.69. The van der Waals surface area contributed by atoms with Crippen LogP contribution < -0.4 is 10.2 Å². The highest BCUT2D eigenvalue weighted by molar-refractivity contribution is 5.93. The number of aromatic nitrogens is 1. The molecule has 4 heterocycles. The molecule has 0 aromatic carbocycles. The van der Waals surface area contributed by atoms with Gasteiger partial charge in [0.25, 0.3) is 0 Å². The number of pyridine rings is 1. The van der Waals surface area contributed by atoms with Gasteiger partial charge < -0.3 is 24.8 Å². The number of carbonyl (C=O) groups is 3. The van der Waals surface area contributed by atoms with Gasteiger partial charge in [-0.05, 0) is 95.6 Å². The highest BCUT2D eigenvalue weighted by Gasteiger charge is 2.59. The van der Waals surface area contributed by atoms with Crippen molar-refractivity contribution in [2.75, 3.05) is 25.5 Å². The van der Waals surface area contributed by atoms with E-state index in [2.05, 4.69) is 20.1 Å². The maximum Gasteiger partial charge on any atom is 0.408 e. The molecule has 6 rings (SSSR count). The van der Waals surface area contributed by atoms with Crippen LogP contribution in [0.5, 0.6) is 0 Å². The summed E-state index contributed by atoms with van der Waals surface area (Å²) in [5, 5.41) is 2.88. The lowest BCUT2D eigenvalue weighted by Gasteiger charge is -2.37. The number of likely N-dealkylation sites (tertiary alicyclic amines) is 1. The second kappa shape index (κ2) is 9.37. The van der Waals surface area contributed by atoms with Crippen LogP contribution in [0.1, 0.15) is 83.6 Å². The number of anilines is 1. The summed E-state index contributed by atoms with van der Waals surface area (Å²) in [4.78, 5) is 51.5. The second-order valence-electron chi connectivity index (χ2n) is 13.8. The quantitative estimate of drug-likeness (QED) is 0.630. The maximum absolute atomic E-state index is 14.3. The number of nitrogens with one attached hydrogen (secondary N) is 1. The molecule has 1 N–H and O–H groups in total. The maximum atomic E-state index is 14.3. The molecular weight excluding hydrogens is 494 g/mol. The number of fused-ring (bicyclic) bond motifs is 2. The minimum atomic E-state index is -0.648. The lowest BCUT2D eigenvalue weighted by Crippen LogP contribution is -2.58. The Kier molecular flexibility index (Phi) is 6.34. The van der Waals surface area contributed by atoms with Gasteiger partial charge >= 0.3 is 6.09 Å². The van der Waals surface area contributed by atoms with Gasteiger partial charge in [0.05, 0.1) is 0 Å². The fraction of sp³-hybridized carbons (Fsp3) is 0.733. The van der Waals surface area contributed by atoms with Crippen molar-refractivity contribution in [1.29, 1.82) is 0 Å². The molecule has 3 saturated heterocycles. The first kappa shape index (κ1) is 26.4. The van der Waals surface area contributed by atoms with Crippen molar-refractivity contribution >= 4 is 23.6 Å². The molecule has 1 aromatic rings. The number of hydrogen-bond acceptors (Lipinski definition) is 6. The van der Waals surface area contributed by atoms with Crippen molar-refractivity contribution < 1.29 is 19.1 Å². The van der Waals surface area contributed by atoms with Gasteiger partial charge in [-0.2, -0.15) is 0 Å². The lowest BCUT2D eigenvalue weighted by atomic mass is 9.95. The predicted molar refractivity (Wildman–Crippen MR) is 147 cm³/mol. The molecule has 1 aromatic heterocycles. The van der Waals surface area contributed by atoms with E-state index >= 15 is 0 Å². The summed E-state index contributed by atoms with van der Waals surface area (Å²) in [6, 6.07) is 1.00. The normalized spacial score (nSPS) is 32.7. The highest BCUT2D eigenvalue weighted by Crippen LogP contribution is 2.56. The molecule has 212 valence electrons. The Morgan fingerprint density at radius 1 is 1.13 bits per heavy atom. The topological polar surface area (TPSA) is 95.1 Å². The van der Waals surface area contributed by atoms with Gasteiger partial charge in [0, 0.05) is 56.2 Å². The van der Waals surface area contributed by atoms with E-state index < -0.39 is 23.8 Å². The molecule has 39 heavy (non-hydrogen) atoms. The van der Waals surface area contributed by atoms with E-state index in [1.807, 2.05) is 58.2 Å². The number of ether oxygens (including phenoxy) is 1. The molecule has 9 nitrogen and oxygen atoms in total. The van der Waals surface area contributed by atoms with Crippen molar-refractivity contribution in [3.05, 3.63) is 24.0 Å². The highest BCUT2D eigenvalue weighted by atomic mass is 16.6. The number of rotatable bonds is 4. The van der Waals surface area contributed by atoms with Crippen LogP contribution in [0, 0.1) is 11.8 Å². The largest absolute Gasteiger partial charge is 0.444 e. The van der Waals surface area contributed by atoms with E-state index in [9.17, 15) is 14.4 Å². The minimum Gasteiger partial charge on any atom is -0.444 e. The zero-order chi connectivity index (χ0) is 27.7. The van der Waals surface area contributed by atoms with Crippen LogP contribution in [-0.2, 0) is 14.3 Å². The van der Waals surface area contributed by atoms with E-state index in [4.69, 9.17) is 4.74 Å². The molecule has 0 unspecified atom stereocenters. The first-order chi connectivity index (χ1) is 18.5. The van der Waals surface area contributed by atoms with Crippen LogP contribution in [0.4, 0.5) is 10.5 Å². The van der Waals surface area contributed by atoms with Crippen LogP contribution in [0.15, 0.2) is 18.5 Å². The average molecular weight is 538 g/mol. The molecule has 5 fully saturated rings. The van der Waals surface area contributed by atoms with Crippen molar-refractivity contribution in [2.24, 2.45) is 11.8 Å².